The zero-order valence-electron chi connectivity index (χ0n) is 18.5. The zero-order chi connectivity index (χ0) is 19.9. The van der Waals surface area contributed by atoms with E-state index in [4.69, 9.17) is 4.74 Å². The topological polar surface area (TPSA) is 9.23 Å². The van der Waals surface area contributed by atoms with Crippen LogP contribution >= 0.6 is 0 Å². The molecule has 1 aliphatic rings. The van der Waals surface area contributed by atoms with Gasteiger partial charge >= 0.3 is 0 Å². The van der Waals surface area contributed by atoms with Crippen molar-refractivity contribution in [2.75, 3.05) is 0 Å². The molecule has 0 amide bonds. The first-order valence-corrected chi connectivity index (χ1v) is 12.2. The number of ether oxygens (including phenoxy) is 1. The molecule has 2 rings (SSSR count). The molecule has 1 heteroatoms. The maximum Gasteiger partial charge on any atom is 0.108 e. The highest BCUT2D eigenvalue weighted by atomic mass is 16.5. The van der Waals surface area contributed by atoms with E-state index in [1.54, 1.807) is 0 Å². The number of benzene rings is 1. The molecule has 158 valence electrons. The van der Waals surface area contributed by atoms with E-state index in [0.29, 0.717) is 12.0 Å². The van der Waals surface area contributed by atoms with Crippen LogP contribution in [0.15, 0.2) is 42.7 Å². The summed E-state index contributed by atoms with van der Waals surface area (Å²) >= 11 is 0. The first kappa shape index (κ1) is 23.0. The molecule has 0 aromatic heterocycles. The Morgan fingerprint density at radius 1 is 0.714 bits per heavy atom. The smallest absolute Gasteiger partial charge is 0.108 e. The highest BCUT2D eigenvalue weighted by Crippen LogP contribution is 2.38. The van der Waals surface area contributed by atoms with Gasteiger partial charge in [0.15, 0.2) is 0 Å². The van der Waals surface area contributed by atoms with Crippen LogP contribution < -0.4 is 0 Å². The normalized spacial score (nSPS) is 18.7. The van der Waals surface area contributed by atoms with Gasteiger partial charge in [-0.15, -0.1) is 0 Å². The summed E-state index contributed by atoms with van der Waals surface area (Å²) in [6.07, 6.45) is 22.3. The van der Waals surface area contributed by atoms with Crippen LogP contribution in [0.4, 0.5) is 0 Å². The summed E-state index contributed by atoms with van der Waals surface area (Å²) in [4.78, 5) is 0. The Hall–Kier alpha value is -1.24. The average Bonchev–Trinajstić information content (AvgIpc) is 2.71. The van der Waals surface area contributed by atoms with Crippen molar-refractivity contribution in [3.05, 3.63) is 48.2 Å². The zero-order valence-corrected chi connectivity index (χ0v) is 18.5. The number of unbranched alkanes of at least 4 members (excludes halogenated alkanes) is 11. The van der Waals surface area contributed by atoms with Crippen LogP contribution in [-0.4, -0.2) is 6.10 Å². The number of aryl methyl sites for hydroxylation is 1. The molecular formula is C27H44O. The Morgan fingerprint density at radius 3 is 1.89 bits per heavy atom. The lowest BCUT2D eigenvalue weighted by molar-refractivity contribution is -0.0523. The van der Waals surface area contributed by atoms with Gasteiger partial charge in [0.2, 0.25) is 0 Å². The Bertz CT molecular complexity index is 506. The molecule has 0 unspecified atom stereocenters. The summed E-state index contributed by atoms with van der Waals surface area (Å²) in [6, 6.07) is 10.8. The molecule has 1 aromatic rings. The second-order valence-corrected chi connectivity index (χ2v) is 8.78. The molecule has 0 spiro atoms. The Kier molecular flexibility index (Phi) is 12.1. The van der Waals surface area contributed by atoms with E-state index >= 15 is 0 Å². The molecule has 0 saturated carbocycles. The molecule has 1 saturated heterocycles. The van der Waals surface area contributed by atoms with Crippen molar-refractivity contribution < 1.29 is 4.74 Å². The van der Waals surface area contributed by atoms with Gasteiger partial charge in [-0.1, -0.05) is 114 Å². The van der Waals surface area contributed by atoms with Crippen molar-refractivity contribution in [1.29, 1.82) is 0 Å². The van der Waals surface area contributed by atoms with E-state index in [0.717, 1.165) is 5.76 Å². The predicted octanol–water partition coefficient (Wildman–Crippen LogP) is 8.63. The predicted molar refractivity (Wildman–Crippen MR) is 123 cm³/mol. The minimum absolute atomic E-state index is 0.461. The van der Waals surface area contributed by atoms with Gasteiger partial charge in [0.25, 0.3) is 0 Å². The molecule has 1 aromatic carbocycles. The SMILES string of the molecule is C=C1O[C@@H](CCCCCCCCCCCCC)[C@@H]1CCCCc1ccccc1. The van der Waals surface area contributed by atoms with Crippen LogP contribution in [0, 0.1) is 5.92 Å². The van der Waals surface area contributed by atoms with Gasteiger partial charge in [-0.3, -0.25) is 0 Å². The Morgan fingerprint density at radius 2 is 1.29 bits per heavy atom. The largest absolute Gasteiger partial charge is 0.494 e. The van der Waals surface area contributed by atoms with E-state index in [9.17, 15) is 0 Å². The Labute approximate surface area is 175 Å². The molecule has 1 aliphatic heterocycles. The maximum atomic E-state index is 5.86. The summed E-state index contributed by atoms with van der Waals surface area (Å²) in [5.74, 6) is 1.67. The molecule has 0 bridgehead atoms. The first-order chi connectivity index (χ1) is 13.8. The molecule has 0 radical (unpaired) electrons. The van der Waals surface area contributed by atoms with Gasteiger partial charge in [-0.2, -0.15) is 0 Å². The van der Waals surface area contributed by atoms with Crippen molar-refractivity contribution in [3.8, 4) is 0 Å². The van der Waals surface area contributed by atoms with Gasteiger partial charge < -0.3 is 4.74 Å². The van der Waals surface area contributed by atoms with Crippen LogP contribution in [0.3, 0.4) is 0 Å². The van der Waals surface area contributed by atoms with Crippen molar-refractivity contribution in [1.82, 2.24) is 0 Å². The third-order valence-corrected chi connectivity index (χ3v) is 6.33. The quantitative estimate of drug-likeness (QED) is 0.244. The highest BCUT2D eigenvalue weighted by molar-refractivity contribution is 5.14. The minimum atomic E-state index is 0.461. The van der Waals surface area contributed by atoms with Gasteiger partial charge in [0.1, 0.15) is 6.10 Å². The molecule has 0 N–H and O–H groups in total. The van der Waals surface area contributed by atoms with Crippen LogP contribution in [0.5, 0.6) is 0 Å². The fourth-order valence-electron chi connectivity index (χ4n) is 4.45. The third kappa shape index (κ3) is 9.30. The summed E-state index contributed by atoms with van der Waals surface area (Å²) in [5.41, 5.74) is 1.46. The average molecular weight is 385 g/mol. The summed E-state index contributed by atoms with van der Waals surface area (Å²) in [7, 11) is 0. The van der Waals surface area contributed by atoms with E-state index in [1.807, 2.05) is 0 Å². The maximum absolute atomic E-state index is 5.86. The number of rotatable bonds is 17. The van der Waals surface area contributed by atoms with Gasteiger partial charge in [-0.25, -0.2) is 0 Å². The second kappa shape index (κ2) is 14.7. The van der Waals surface area contributed by atoms with E-state index < -0.39 is 0 Å². The lowest BCUT2D eigenvalue weighted by Gasteiger charge is -2.40. The number of hydrogen-bond donors (Lipinski definition) is 0. The second-order valence-electron chi connectivity index (χ2n) is 8.78. The molecule has 1 heterocycles. The van der Waals surface area contributed by atoms with E-state index in [2.05, 4.69) is 43.8 Å². The van der Waals surface area contributed by atoms with Crippen LogP contribution in [-0.2, 0) is 11.2 Å². The van der Waals surface area contributed by atoms with Crippen LogP contribution in [0.1, 0.15) is 109 Å². The summed E-state index contributed by atoms with van der Waals surface area (Å²) in [5, 5.41) is 0. The van der Waals surface area contributed by atoms with Crippen LogP contribution in [0.25, 0.3) is 0 Å². The fourth-order valence-corrected chi connectivity index (χ4v) is 4.45. The monoisotopic (exact) mass is 384 g/mol. The molecule has 0 aliphatic carbocycles. The highest BCUT2D eigenvalue weighted by Gasteiger charge is 2.35. The lowest BCUT2D eigenvalue weighted by Crippen LogP contribution is -2.37. The van der Waals surface area contributed by atoms with Gasteiger partial charge in [0.05, 0.1) is 11.7 Å². The van der Waals surface area contributed by atoms with Gasteiger partial charge in [0, 0.05) is 0 Å². The molecule has 1 fully saturated rings. The number of hydrogen-bond acceptors (Lipinski definition) is 1. The van der Waals surface area contributed by atoms with Crippen molar-refractivity contribution in [3.63, 3.8) is 0 Å². The standard InChI is InChI=1S/C27H44O/c1-3-4-5-6-7-8-9-10-11-12-16-23-27-26(24(2)28-27)22-18-17-21-25-19-14-13-15-20-25/h13-15,19-20,26-27H,2-12,16-18,21-23H2,1H3/t26-,27+/m1/s1. The van der Waals surface area contributed by atoms with E-state index in [1.165, 1.54) is 108 Å². The molecule has 2 atom stereocenters. The summed E-state index contributed by atoms with van der Waals surface area (Å²) < 4.78 is 5.86. The lowest BCUT2D eigenvalue weighted by atomic mass is 9.85. The summed E-state index contributed by atoms with van der Waals surface area (Å²) in [6.45, 7) is 6.40. The van der Waals surface area contributed by atoms with Crippen molar-refractivity contribution >= 4 is 0 Å². The van der Waals surface area contributed by atoms with Crippen LogP contribution in [0.2, 0.25) is 0 Å². The molecule has 28 heavy (non-hydrogen) atoms. The first-order valence-electron chi connectivity index (χ1n) is 12.2. The van der Waals surface area contributed by atoms with Crippen molar-refractivity contribution in [2.24, 2.45) is 5.92 Å². The molecular weight excluding hydrogens is 340 g/mol. The van der Waals surface area contributed by atoms with Gasteiger partial charge in [-0.05, 0) is 37.7 Å². The molecule has 1 nitrogen and oxygen atoms in total. The fraction of sp³-hybridized carbons (Fsp3) is 0.704. The third-order valence-electron chi connectivity index (χ3n) is 6.33. The Balaban J connectivity index is 1.42. The van der Waals surface area contributed by atoms with Crippen molar-refractivity contribution in [2.45, 2.75) is 116 Å². The minimum Gasteiger partial charge on any atom is -0.494 e. The van der Waals surface area contributed by atoms with E-state index in [-0.39, 0.29) is 0 Å².